The van der Waals surface area contributed by atoms with Crippen molar-refractivity contribution in [3.8, 4) is 0 Å². The predicted octanol–water partition coefficient (Wildman–Crippen LogP) is 4.09. The normalized spacial score (nSPS) is 20.4. The Balaban J connectivity index is 1.27. The average molecular weight is 467 g/mol. The van der Waals surface area contributed by atoms with Crippen LogP contribution in [0.4, 0.5) is 4.79 Å². The summed E-state index contributed by atoms with van der Waals surface area (Å²) in [4.78, 5) is 35.5. The third kappa shape index (κ3) is 4.49. The number of thiophene rings is 2. The largest absolute Gasteiger partial charge is 0.329 e. The van der Waals surface area contributed by atoms with Gasteiger partial charge < -0.3 is 4.90 Å². The van der Waals surface area contributed by atoms with Crippen LogP contribution in [0.2, 0.25) is 0 Å². The quantitative estimate of drug-likeness (QED) is 0.492. The van der Waals surface area contributed by atoms with Gasteiger partial charge in [-0.3, -0.25) is 14.6 Å². The molecule has 8 heteroatoms. The highest BCUT2D eigenvalue weighted by atomic mass is 32.1. The van der Waals surface area contributed by atoms with E-state index in [1.54, 1.807) is 16.2 Å². The number of nitrogens with zero attached hydrogens (tertiary/aromatic N) is 4. The van der Waals surface area contributed by atoms with Gasteiger partial charge in [-0.15, -0.1) is 11.3 Å². The van der Waals surface area contributed by atoms with E-state index >= 15 is 0 Å². The first-order valence-corrected chi connectivity index (χ1v) is 12.7. The summed E-state index contributed by atoms with van der Waals surface area (Å²) in [7, 11) is 0. The number of piperazine rings is 1. The summed E-state index contributed by atoms with van der Waals surface area (Å²) >= 11 is 3.26. The van der Waals surface area contributed by atoms with Crippen molar-refractivity contribution >= 4 is 34.6 Å². The van der Waals surface area contributed by atoms with E-state index in [1.807, 2.05) is 47.8 Å². The van der Waals surface area contributed by atoms with Crippen molar-refractivity contribution in [2.45, 2.75) is 19.1 Å². The molecule has 2 aliphatic heterocycles. The molecular weight excluding hydrogens is 440 g/mol. The molecule has 6 nitrogen and oxygen atoms in total. The van der Waals surface area contributed by atoms with Crippen molar-refractivity contribution < 1.29 is 9.59 Å². The van der Waals surface area contributed by atoms with Crippen LogP contribution in [0.5, 0.6) is 0 Å². The second kappa shape index (κ2) is 9.54. The van der Waals surface area contributed by atoms with Crippen molar-refractivity contribution in [2.75, 3.05) is 32.8 Å². The number of carbonyl (C=O) groups excluding carboxylic acids is 2. The third-order valence-corrected chi connectivity index (χ3v) is 7.75. The molecule has 0 aliphatic carbocycles. The highest BCUT2D eigenvalue weighted by Crippen LogP contribution is 2.35. The van der Waals surface area contributed by atoms with Gasteiger partial charge in [0.05, 0.1) is 6.67 Å². The van der Waals surface area contributed by atoms with E-state index in [1.165, 1.54) is 21.8 Å². The maximum atomic E-state index is 13.4. The molecule has 32 heavy (non-hydrogen) atoms. The highest BCUT2D eigenvalue weighted by molar-refractivity contribution is 7.10. The minimum absolute atomic E-state index is 0.117. The molecule has 0 N–H and O–H groups in total. The van der Waals surface area contributed by atoms with Gasteiger partial charge in [0.2, 0.25) is 0 Å². The Kier molecular flexibility index (Phi) is 6.36. The van der Waals surface area contributed by atoms with E-state index < -0.39 is 6.04 Å². The molecule has 0 bridgehead atoms. The van der Waals surface area contributed by atoms with Crippen LogP contribution in [0.25, 0.3) is 0 Å². The molecule has 5 rings (SSSR count). The molecule has 2 saturated heterocycles. The van der Waals surface area contributed by atoms with Gasteiger partial charge in [-0.05, 0) is 39.4 Å². The summed E-state index contributed by atoms with van der Waals surface area (Å²) in [6.07, 6.45) is 0. The number of hydrogen-bond donors (Lipinski definition) is 0. The van der Waals surface area contributed by atoms with Crippen LogP contribution in [-0.2, 0) is 17.9 Å². The van der Waals surface area contributed by atoms with E-state index in [9.17, 15) is 9.59 Å². The van der Waals surface area contributed by atoms with E-state index in [2.05, 4.69) is 26.6 Å². The lowest BCUT2D eigenvalue weighted by Gasteiger charge is -2.35. The molecule has 2 fully saturated rings. The molecule has 2 aromatic heterocycles. The number of rotatable bonds is 7. The fraction of sp³-hybridized carbons (Fsp3) is 0.333. The SMILES string of the molecule is O=C1[C@H](c2cccs2)N(Cc2ccccc2)C(=O)N1CN1CCN(Cc2ccsc2)CC1. The van der Waals surface area contributed by atoms with Gasteiger partial charge in [0, 0.05) is 44.1 Å². The Hall–Kier alpha value is -2.52. The minimum atomic E-state index is -0.539. The molecule has 0 saturated carbocycles. The zero-order chi connectivity index (χ0) is 21.9. The third-order valence-electron chi connectivity index (χ3n) is 6.09. The van der Waals surface area contributed by atoms with Gasteiger partial charge in [-0.1, -0.05) is 36.4 Å². The molecule has 0 spiro atoms. The van der Waals surface area contributed by atoms with Crippen LogP contribution in [0.3, 0.4) is 0 Å². The van der Waals surface area contributed by atoms with Gasteiger partial charge in [0.1, 0.15) is 6.04 Å². The van der Waals surface area contributed by atoms with Gasteiger partial charge in [0.25, 0.3) is 5.91 Å². The summed E-state index contributed by atoms with van der Waals surface area (Å²) in [5.41, 5.74) is 2.38. The zero-order valence-corrected chi connectivity index (χ0v) is 19.4. The first kappa shape index (κ1) is 21.3. The molecule has 3 amide bonds. The molecule has 0 unspecified atom stereocenters. The Bertz CT molecular complexity index is 1030. The van der Waals surface area contributed by atoms with Crippen LogP contribution in [0.1, 0.15) is 22.0 Å². The Labute approximate surface area is 196 Å². The first-order chi connectivity index (χ1) is 15.7. The van der Waals surface area contributed by atoms with Crippen LogP contribution < -0.4 is 0 Å². The Morgan fingerprint density at radius 2 is 1.59 bits per heavy atom. The lowest BCUT2D eigenvalue weighted by atomic mass is 10.1. The monoisotopic (exact) mass is 466 g/mol. The van der Waals surface area contributed by atoms with Gasteiger partial charge in [-0.2, -0.15) is 11.3 Å². The van der Waals surface area contributed by atoms with Crippen molar-refractivity contribution in [3.05, 3.63) is 80.7 Å². The second-order valence-corrected chi connectivity index (χ2v) is 10.0. The number of carbonyl (C=O) groups is 2. The summed E-state index contributed by atoms with van der Waals surface area (Å²) in [5, 5.41) is 6.27. The van der Waals surface area contributed by atoms with Crippen molar-refractivity contribution in [2.24, 2.45) is 0 Å². The molecule has 0 radical (unpaired) electrons. The zero-order valence-electron chi connectivity index (χ0n) is 17.8. The number of amides is 3. The van der Waals surface area contributed by atoms with Gasteiger partial charge in [-0.25, -0.2) is 9.69 Å². The molecule has 1 aromatic carbocycles. The molecule has 1 atom stereocenters. The number of urea groups is 1. The Morgan fingerprint density at radius 3 is 2.28 bits per heavy atom. The topological polar surface area (TPSA) is 47.1 Å². The van der Waals surface area contributed by atoms with Crippen molar-refractivity contribution in [1.29, 1.82) is 0 Å². The maximum absolute atomic E-state index is 13.4. The standard InChI is InChI=1S/C24H26N4O2S2/c29-23-22(21-7-4-13-32-21)27(16-19-5-2-1-3-6-19)24(30)28(23)18-26-11-9-25(10-12-26)15-20-8-14-31-17-20/h1-8,13-14,17,22H,9-12,15-16,18H2/t22-/m0/s1. The second-order valence-electron chi connectivity index (χ2n) is 8.25. The number of imide groups is 1. The van der Waals surface area contributed by atoms with Crippen LogP contribution in [-0.4, -0.2) is 64.4 Å². The minimum Gasteiger partial charge on any atom is -0.303 e. The summed E-state index contributed by atoms with van der Waals surface area (Å²) in [6.45, 7) is 5.33. The van der Waals surface area contributed by atoms with Crippen LogP contribution >= 0.6 is 22.7 Å². The molecule has 4 heterocycles. The average Bonchev–Trinajstić information content (AvgIpc) is 3.56. The molecular formula is C24H26N4O2S2. The Morgan fingerprint density at radius 1 is 0.812 bits per heavy atom. The maximum Gasteiger partial charge on any atom is 0.329 e. The van der Waals surface area contributed by atoms with E-state index in [4.69, 9.17) is 0 Å². The first-order valence-electron chi connectivity index (χ1n) is 10.8. The van der Waals surface area contributed by atoms with E-state index in [0.29, 0.717) is 13.2 Å². The fourth-order valence-electron chi connectivity index (χ4n) is 4.36. The lowest BCUT2D eigenvalue weighted by Crippen LogP contribution is -2.51. The van der Waals surface area contributed by atoms with E-state index in [0.717, 1.165) is 43.2 Å². The molecule has 2 aliphatic rings. The van der Waals surface area contributed by atoms with Crippen LogP contribution in [0.15, 0.2) is 64.7 Å². The van der Waals surface area contributed by atoms with Gasteiger partial charge in [0.15, 0.2) is 0 Å². The van der Waals surface area contributed by atoms with E-state index in [-0.39, 0.29) is 11.9 Å². The smallest absolute Gasteiger partial charge is 0.303 e. The van der Waals surface area contributed by atoms with Crippen molar-refractivity contribution in [3.63, 3.8) is 0 Å². The summed E-state index contributed by atoms with van der Waals surface area (Å²) in [6, 6.07) is 15.2. The van der Waals surface area contributed by atoms with Crippen LogP contribution in [0, 0.1) is 0 Å². The molecule has 166 valence electrons. The summed E-state index contributed by atoms with van der Waals surface area (Å²) in [5.74, 6) is -0.117. The highest BCUT2D eigenvalue weighted by Gasteiger charge is 2.46. The number of benzene rings is 1. The van der Waals surface area contributed by atoms with Crippen molar-refractivity contribution in [1.82, 2.24) is 19.6 Å². The lowest BCUT2D eigenvalue weighted by molar-refractivity contribution is -0.130. The predicted molar refractivity (Wildman–Crippen MR) is 127 cm³/mol. The fourth-order valence-corrected chi connectivity index (χ4v) is 5.85. The van der Waals surface area contributed by atoms with Gasteiger partial charge >= 0.3 is 6.03 Å². The summed E-state index contributed by atoms with van der Waals surface area (Å²) < 4.78 is 0. The number of hydrogen-bond acceptors (Lipinski definition) is 6. The molecule has 3 aromatic rings.